The monoisotopic (exact) mass is 318 g/mol. The lowest BCUT2D eigenvalue weighted by atomic mass is 10.1. The molecule has 2 rings (SSSR count). The van der Waals surface area contributed by atoms with Gasteiger partial charge in [0.2, 0.25) is 0 Å². The third kappa shape index (κ3) is 4.87. The van der Waals surface area contributed by atoms with Crippen LogP contribution in [-0.4, -0.2) is 19.9 Å². The Labute approximate surface area is 141 Å². The van der Waals surface area contributed by atoms with E-state index in [0.29, 0.717) is 11.3 Å². The molecule has 0 spiro atoms. The second kappa shape index (κ2) is 8.36. The minimum Gasteiger partial charge on any atom is -0.378 e. The van der Waals surface area contributed by atoms with Crippen molar-refractivity contribution in [2.75, 3.05) is 19.0 Å². The van der Waals surface area contributed by atoms with Crippen molar-refractivity contribution in [1.82, 2.24) is 0 Å². The molecule has 120 valence electrons. The summed E-state index contributed by atoms with van der Waals surface area (Å²) in [6, 6.07) is 14.6. The zero-order chi connectivity index (χ0) is 17.4. The summed E-state index contributed by atoms with van der Waals surface area (Å²) in [5, 5.41) is 3.51. The van der Waals surface area contributed by atoms with Crippen molar-refractivity contribution in [2.24, 2.45) is 5.11 Å². The van der Waals surface area contributed by atoms with Crippen LogP contribution in [-0.2, 0) is 0 Å². The standard InChI is InChI=1S/C19H18N4O/c1-23(2)18-13-9-16(10-14-18)19(24)6-4-3-5-15-7-11-17(12-8-15)21-22-20/h3-14H,1-2H3. The Morgan fingerprint density at radius 2 is 1.71 bits per heavy atom. The first kappa shape index (κ1) is 17.1. The molecule has 0 N–H and O–H groups in total. The lowest BCUT2D eigenvalue weighted by Crippen LogP contribution is -2.08. The van der Waals surface area contributed by atoms with E-state index in [1.165, 1.54) is 6.08 Å². The van der Waals surface area contributed by atoms with Crippen LogP contribution in [0.4, 0.5) is 11.4 Å². The number of anilines is 1. The van der Waals surface area contributed by atoms with E-state index in [4.69, 9.17) is 5.53 Å². The maximum absolute atomic E-state index is 12.1. The molecule has 0 aliphatic rings. The summed E-state index contributed by atoms with van der Waals surface area (Å²) < 4.78 is 0. The number of hydrogen-bond acceptors (Lipinski definition) is 3. The van der Waals surface area contributed by atoms with Crippen molar-refractivity contribution in [3.8, 4) is 0 Å². The lowest BCUT2D eigenvalue weighted by Gasteiger charge is -2.11. The molecule has 24 heavy (non-hydrogen) atoms. The number of hydrogen-bond donors (Lipinski definition) is 0. The van der Waals surface area contributed by atoms with Crippen LogP contribution >= 0.6 is 0 Å². The summed E-state index contributed by atoms with van der Waals surface area (Å²) in [6.45, 7) is 0. The van der Waals surface area contributed by atoms with E-state index in [1.807, 2.05) is 61.5 Å². The van der Waals surface area contributed by atoms with Crippen LogP contribution < -0.4 is 4.90 Å². The first-order valence-corrected chi connectivity index (χ1v) is 7.42. The van der Waals surface area contributed by atoms with Crippen LogP contribution in [0.3, 0.4) is 0 Å². The predicted molar refractivity (Wildman–Crippen MR) is 98.5 cm³/mol. The smallest absolute Gasteiger partial charge is 0.185 e. The van der Waals surface area contributed by atoms with E-state index in [-0.39, 0.29) is 5.78 Å². The summed E-state index contributed by atoms with van der Waals surface area (Å²) in [5.74, 6) is -0.0383. The Kier molecular flexibility index (Phi) is 5.95. The highest BCUT2D eigenvalue weighted by atomic mass is 16.1. The van der Waals surface area contributed by atoms with Gasteiger partial charge in [-0.05, 0) is 41.4 Å². The number of allylic oxidation sites excluding steroid dienone is 3. The first-order chi connectivity index (χ1) is 11.6. The minimum atomic E-state index is -0.0383. The molecule has 0 bridgehead atoms. The normalized spacial score (nSPS) is 10.8. The van der Waals surface area contributed by atoms with Crippen molar-refractivity contribution in [1.29, 1.82) is 0 Å². The third-order valence-electron chi connectivity index (χ3n) is 3.37. The summed E-state index contributed by atoms with van der Waals surface area (Å²) in [6.07, 6.45) is 6.92. The zero-order valence-corrected chi connectivity index (χ0v) is 13.6. The number of carbonyl (C=O) groups excluding carboxylic acids is 1. The molecule has 2 aromatic rings. The van der Waals surface area contributed by atoms with Gasteiger partial charge >= 0.3 is 0 Å². The van der Waals surface area contributed by atoms with Gasteiger partial charge in [0.25, 0.3) is 0 Å². The largest absolute Gasteiger partial charge is 0.378 e. The van der Waals surface area contributed by atoms with Gasteiger partial charge in [-0.25, -0.2) is 0 Å². The molecule has 0 aromatic heterocycles. The molecule has 5 nitrogen and oxygen atoms in total. The van der Waals surface area contributed by atoms with Gasteiger partial charge < -0.3 is 4.90 Å². The number of ketones is 1. The topological polar surface area (TPSA) is 69.1 Å². The molecular weight excluding hydrogens is 300 g/mol. The third-order valence-corrected chi connectivity index (χ3v) is 3.37. The maximum Gasteiger partial charge on any atom is 0.185 e. The van der Waals surface area contributed by atoms with Gasteiger partial charge in [0.1, 0.15) is 0 Å². The molecule has 0 saturated carbocycles. The van der Waals surface area contributed by atoms with Gasteiger partial charge in [0.15, 0.2) is 5.78 Å². The lowest BCUT2D eigenvalue weighted by molar-refractivity contribution is 0.104. The van der Waals surface area contributed by atoms with Crippen molar-refractivity contribution in [3.05, 3.63) is 88.3 Å². The van der Waals surface area contributed by atoms with Crippen molar-refractivity contribution < 1.29 is 4.79 Å². The summed E-state index contributed by atoms with van der Waals surface area (Å²) in [5.41, 5.74) is 11.6. The Balaban J connectivity index is 1.97. The summed E-state index contributed by atoms with van der Waals surface area (Å²) in [4.78, 5) is 16.8. The zero-order valence-electron chi connectivity index (χ0n) is 13.6. The van der Waals surface area contributed by atoms with E-state index in [2.05, 4.69) is 10.0 Å². The van der Waals surface area contributed by atoms with Crippen LogP contribution in [0, 0.1) is 0 Å². The molecule has 0 aliphatic heterocycles. The number of nitrogens with zero attached hydrogens (tertiary/aromatic N) is 4. The minimum absolute atomic E-state index is 0.0383. The number of benzene rings is 2. The molecule has 0 saturated heterocycles. The van der Waals surface area contributed by atoms with E-state index in [0.717, 1.165) is 11.3 Å². The van der Waals surface area contributed by atoms with Crippen molar-refractivity contribution in [2.45, 2.75) is 0 Å². The molecule has 0 unspecified atom stereocenters. The predicted octanol–water partition coefficient (Wildman–Crippen LogP) is 5.15. The van der Waals surface area contributed by atoms with E-state index < -0.39 is 0 Å². The van der Waals surface area contributed by atoms with Crippen molar-refractivity contribution in [3.63, 3.8) is 0 Å². The molecule has 0 atom stereocenters. The Hall–Kier alpha value is -3.30. The van der Waals surface area contributed by atoms with Gasteiger partial charge in [-0.3, -0.25) is 4.79 Å². The Bertz CT molecular complexity index is 796. The second-order valence-corrected chi connectivity index (χ2v) is 5.30. The number of azide groups is 1. The quantitative estimate of drug-likeness (QED) is 0.185. The fraction of sp³-hybridized carbons (Fsp3) is 0.105. The van der Waals surface area contributed by atoms with Crippen LogP contribution in [0.5, 0.6) is 0 Å². The van der Waals surface area contributed by atoms with Gasteiger partial charge in [-0.15, -0.1) is 0 Å². The fourth-order valence-electron chi connectivity index (χ4n) is 2.03. The number of carbonyl (C=O) groups is 1. The highest BCUT2D eigenvalue weighted by molar-refractivity contribution is 6.04. The highest BCUT2D eigenvalue weighted by Gasteiger charge is 2.01. The van der Waals surface area contributed by atoms with Crippen LogP contribution in [0.1, 0.15) is 15.9 Å². The van der Waals surface area contributed by atoms with Gasteiger partial charge in [-0.1, -0.05) is 47.6 Å². The maximum atomic E-state index is 12.1. The first-order valence-electron chi connectivity index (χ1n) is 7.42. The second-order valence-electron chi connectivity index (χ2n) is 5.30. The Morgan fingerprint density at radius 1 is 1.04 bits per heavy atom. The number of rotatable bonds is 6. The van der Waals surface area contributed by atoms with Crippen molar-refractivity contribution >= 4 is 23.2 Å². The molecule has 0 radical (unpaired) electrons. The Morgan fingerprint density at radius 3 is 2.29 bits per heavy atom. The van der Waals surface area contributed by atoms with Gasteiger partial charge in [-0.2, -0.15) is 0 Å². The molecule has 0 amide bonds. The summed E-state index contributed by atoms with van der Waals surface area (Å²) in [7, 11) is 3.92. The van der Waals surface area contributed by atoms with Crippen LogP contribution in [0.15, 0.2) is 71.9 Å². The van der Waals surface area contributed by atoms with E-state index >= 15 is 0 Å². The highest BCUT2D eigenvalue weighted by Crippen LogP contribution is 2.14. The molecule has 5 heteroatoms. The molecular formula is C19H18N4O. The van der Waals surface area contributed by atoms with Gasteiger partial charge in [0, 0.05) is 35.9 Å². The van der Waals surface area contributed by atoms with Crippen LogP contribution in [0.2, 0.25) is 0 Å². The molecule has 0 aliphatic carbocycles. The molecule has 0 fully saturated rings. The summed E-state index contributed by atoms with van der Waals surface area (Å²) >= 11 is 0. The average Bonchev–Trinajstić information content (AvgIpc) is 2.60. The molecule has 0 heterocycles. The van der Waals surface area contributed by atoms with Crippen LogP contribution in [0.25, 0.3) is 16.5 Å². The molecule has 2 aromatic carbocycles. The van der Waals surface area contributed by atoms with E-state index in [1.54, 1.807) is 24.3 Å². The average molecular weight is 318 g/mol. The fourth-order valence-corrected chi connectivity index (χ4v) is 2.03. The van der Waals surface area contributed by atoms with E-state index in [9.17, 15) is 4.79 Å². The van der Waals surface area contributed by atoms with Gasteiger partial charge in [0.05, 0.1) is 0 Å². The SMILES string of the molecule is CN(C)c1ccc(C(=O)C=CC=Cc2ccc(N=[N+]=[N-])cc2)cc1.